The number of halogens is 1. The first kappa shape index (κ1) is 19.0. The van der Waals surface area contributed by atoms with Gasteiger partial charge in [0.1, 0.15) is 30.0 Å². The number of benzene rings is 3. The van der Waals surface area contributed by atoms with Gasteiger partial charge in [0.25, 0.3) is 0 Å². The number of hydrogen-bond donors (Lipinski definition) is 1. The molecule has 0 saturated carbocycles. The minimum atomic E-state index is -0.323. The van der Waals surface area contributed by atoms with Crippen LogP contribution in [0, 0.1) is 0 Å². The first-order valence-corrected chi connectivity index (χ1v) is 10.7. The van der Waals surface area contributed by atoms with Crippen molar-refractivity contribution in [2.24, 2.45) is 0 Å². The van der Waals surface area contributed by atoms with Crippen molar-refractivity contribution < 1.29 is 9.47 Å². The van der Waals surface area contributed by atoms with E-state index in [1.54, 1.807) is 13.4 Å². The Morgan fingerprint density at radius 2 is 1.72 bits per heavy atom. The van der Waals surface area contributed by atoms with E-state index in [1.807, 2.05) is 71.4 Å². The highest BCUT2D eigenvalue weighted by molar-refractivity contribution is 6.30. The number of para-hydroxylation sites is 1. The molecule has 0 amide bonds. The minimum absolute atomic E-state index is 0.207. The highest BCUT2D eigenvalue weighted by Crippen LogP contribution is 2.50. The molecule has 3 aromatic carbocycles. The van der Waals surface area contributed by atoms with Crippen molar-refractivity contribution in [1.29, 1.82) is 0 Å². The maximum absolute atomic E-state index is 6.60. The molecule has 1 N–H and O–H groups in total. The van der Waals surface area contributed by atoms with Gasteiger partial charge in [-0.1, -0.05) is 48.0 Å². The van der Waals surface area contributed by atoms with Gasteiger partial charge >= 0.3 is 0 Å². The second-order valence-corrected chi connectivity index (χ2v) is 8.14. The lowest BCUT2D eigenvalue weighted by molar-refractivity contribution is 0.223. The quantitative estimate of drug-likeness (QED) is 0.454. The maximum Gasteiger partial charge on any atom is 0.226 e. The molecule has 0 spiro atoms. The predicted molar refractivity (Wildman–Crippen MR) is 123 cm³/mol. The molecule has 2 aliphatic heterocycles. The lowest BCUT2D eigenvalue weighted by atomic mass is 9.84. The van der Waals surface area contributed by atoms with Gasteiger partial charge in [0.15, 0.2) is 0 Å². The SMILES string of the molecule is COc1ccc([C@@H]2Oc3ccccc3C3=C2[C@@H](c2ccc(Cl)cc2)n2ncnc2N3)cc1. The Kier molecular flexibility index (Phi) is 4.40. The minimum Gasteiger partial charge on any atom is -0.497 e. The summed E-state index contributed by atoms with van der Waals surface area (Å²) >= 11 is 6.19. The maximum atomic E-state index is 6.60. The van der Waals surface area contributed by atoms with Crippen LogP contribution in [0.3, 0.4) is 0 Å². The molecular weight excluding hydrogens is 424 g/mol. The Morgan fingerprint density at radius 3 is 2.50 bits per heavy atom. The molecule has 1 aromatic heterocycles. The number of methoxy groups -OCH3 is 1. The molecule has 0 bridgehead atoms. The molecule has 0 saturated heterocycles. The van der Waals surface area contributed by atoms with Gasteiger partial charge in [0.2, 0.25) is 5.95 Å². The average molecular weight is 443 g/mol. The third kappa shape index (κ3) is 2.95. The molecule has 2 aliphatic rings. The highest BCUT2D eigenvalue weighted by Gasteiger charge is 2.40. The molecule has 3 heterocycles. The number of rotatable bonds is 3. The van der Waals surface area contributed by atoms with Gasteiger partial charge in [-0.05, 0) is 47.5 Å². The van der Waals surface area contributed by atoms with Crippen LogP contribution in [0.1, 0.15) is 28.8 Å². The normalized spacial score (nSPS) is 18.7. The molecule has 32 heavy (non-hydrogen) atoms. The Bertz CT molecular complexity index is 1330. The summed E-state index contributed by atoms with van der Waals surface area (Å²) in [6, 6.07) is 23.7. The van der Waals surface area contributed by atoms with E-state index in [0.717, 1.165) is 39.5 Å². The number of nitrogens with zero attached hydrogens (tertiary/aromatic N) is 3. The van der Waals surface area contributed by atoms with Crippen molar-refractivity contribution in [2.45, 2.75) is 12.1 Å². The smallest absolute Gasteiger partial charge is 0.226 e. The average Bonchev–Trinajstić information content (AvgIpc) is 3.31. The fourth-order valence-electron chi connectivity index (χ4n) is 4.44. The molecule has 4 aromatic rings. The Labute approximate surface area is 190 Å². The summed E-state index contributed by atoms with van der Waals surface area (Å²) in [5.41, 5.74) is 5.14. The number of nitrogens with one attached hydrogen (secondary N) is 1. The topological polar surface area (TPSA) is 61.2 Å². The molecule has 6 nitrogen and oxygen atoms in total. The van der Waals surface area contributed by atoms with E-state index in [-0.39, 0.29) is 12.1 Å². The molecule has 158 valence electrons. The van der Waals surface area contributed by atoms with Crippen LogP contribution in [0.5, 0.6) is 11.5 Å². The Morgan fingerprint density at radius 1 is 0.969 bits per heavy atom. The van der Waals surface area contributed by atoms with E-state index < -0.39 is 0 Å². The molecule has 2 atom stereocenters. The lowest BCUT2D eigenvalue weighted by Crippen LogP contribution is -2.32. The monoisotopic (exact) mass is 442 g/mol. The third-order valence-electron chi connectivity index (χ3n) is 5.93. The van der Waals surface area contributed by atoms with E-state index in [9.17, 15) is 0 Å². The van der Waals surface area contributed by atoms with Crippen molar-refractivity contribution in [2.75, 3.05) is 12.4 Å². The fraction of sp³-hybridized carbons (Fsp3) is 0.120. The van der Waals surface area contributed by atoms with Crippen molar-refractivity contribution >= 4 is 23.2 Å². The first-order valence-electron chi connectivity index (χ1n) is 10.3. The molecule has 6 rings (SSSR count). The molecule has 0 unspecified atom stereocenters. The van der Waals surface area contributed by atoms with E-state index >= 15 is 0 Å². The lowest BCUT2D eigenvalue weighted by Gasteiger charge is -2.39. The number of fused-ring (bicyclic) bond motifs is 3. The van der Waals surface area contributed by atoms with Crippen LogP contribution in [0.15, 0.2) is 84.7 Å². The second-order valence-electron chi connectivity index (χ2n) is 7.70. The summed E-state index contributed by atoms with van der Waals surface area (Å²) in [5, 5.41) is 8.73. The summed E-state index contributed by atoms with van der Waals surface area (Å²) < 4.78 is 13.9. The molecule has 0 aliphatic carbocycles. The van der Waals surface area contributed by atoms with Gasteiger partial charge in [0, 0.05) is 16.2 Å². The molecule has 7 heteroatoms. The standard InChI is InChI=1S/C25H19ClN4O2/c1-31-18-12-8-16(9-13-18)24-21-22(19-4-2-3-5-20(19)32-24)29-25-27-14-28-30(25)23(21)15-6-10-17(26)11-7-15/h2-14,23-24H,1H3,(H,27,28,29)/t23-,24+/m1/s1. The molecular formula is C25H19ClN4O2. The molecule has 0 radical (unpaired) electrons. The van der Waals surface area contributed by atoms with Gasteiger partial charge < -0.3 is 14.8 Å². The first-order chi connectivity index (χ1) is 15.7. The summed E-state index contributed by atoms with van der Waals surface area (Å²) in [4.78, 5) is 4.46. The summed E-state index contributed by atoms with van der Waals surface area (Å²) in [6.45, 7) is 0. The zero-order chi connectivity index (χ0) is 21.7. The van der Waals surface area contributed by atoms with Crippen molar-refractivity contribution in [3.05, 3.63) is 106 Å². The summed E-state index contributed by atoms with van der Waals surface area (Å²) in [7, 11) is 1.66. The number of hydrogen-bond acceptors (Lipinski definition) is 5. The van der Waals surface area contributed by atoms with Crippen LogP contribution in [-0.4, -0.2) is 21.9 Å². The zero-order valence-electron chi connectivity index (χ0n) is 17.2. The highest BCUT2D eigenvalue weighted by atomic mass is 35.5. The van der Waals surface area contributed by atoms with E-state index in [1.165, 1.54) is 0 Å². The van der Waals surface area contributed by atoms with Gasteiger partial charge in [-0.3, -0.25) is 0 Å². The summed E-state index contributed by atoms with van der Waals surface area (Å²) in [6.07, 6.45) is 1.25. The van der Waals surface area contributed by atoms with Crippen molar-refractivity contribution in [3.63, 3.8) is 0 Å². The van der Waals surface area contributed by atoms with E-state index in [4.69, 9.17) is 21.1 Å². The van der Waals surface area contributed by atoms with Crippen LogP contribution in [0.2, 0.25) is 5.02 Å². The summed E-state index contributed by atoms with van der Waals surface area (Å²) in [5.74, 6) is 2.31. The van der Waals surface area contributed by atoms with Crippen molar-refractivity contribution in [1.82, 2.24) is 14.8 Å². The van der Waals surface area contributed by atoms with Crippen LogP contribution in [0.25, 0.3) is 5.70 Å². The second kappa shape index (κ2) is 7.43. The Balaban J connectivity index is 1.60. The van der Waals surface area contributed by atoms with Crippen LogP contribution in [-0.2, 0) is 0 Å². The van der Waals surface area contributed by atoms with Gasteiger partial charge in [-0.25, -0.2) is 4.68 Å². The van der Waals surface area contributed by atoms with Gasteiger partial charge in [-0.2, -0.15) is 10.1 Å². The number of anilines is 1. The fourth-order valence-corrected chi connectivity index (χ4v) is 4.56. The predicted octanol–water partition coefficient (Wildman–Crippen LogP) is 5.50. The van der Waals surface area contributed by atoms with Crippen LogP contribution < -0.4 is 14.8 Å². The Hall–Kier alpha value is -3.77. The van der Waals surface area contributed by atoms with Crippen LogP contribution in [0.4, 0.5) is 5.95 Å². The zero-order valence-corrected chi connectivity index (χ0v) is 18.0. The van der Waals surface area contributed by atoms with Crippen LogP contribution >= 0.6 is 11.6 Å². The molecule has 0 fully saturated rings. The van der Waals surface area contributed by atoms with Crippen molar-refractivity contribution in [3.8, 4) is 11.5 Å². The van der Waals surface area contributed by atoms with E-state index in [2.05, 4.69) is 21.5 Å². The van der Waals surface area contributed by atoms with E-state index in [0.29, 0.717) is 11.0 Å². The van der Waals surface area contributed by atoms with Gasteiger partial charge in [-0.15, -0.1) is 0 Å². The van der Waals surface area contributed by atoms with Gasteiger partial charge in [0.05, 0.1) is 12.8 Å². The number of aromatic nitrogens is 3. The number of ether oxygens (including phenoxy) is 2. The largest absolute Gasteiger partial charge is 0.497 e. The third-order valence-corrected chi connectivity index (χ3v) is 6.18.